The van der Waals surface area contributed by atoms with Gasteiger partial charge in [0.15, 0.2) is 0 Å². The standard InChI is InChI=1S/C11H12F6N2O2/c1-5(2)20-8-6(18)3-4-7(19-8)21-9(10(12,13)14)11(15,16)17/h3-5,9H,18H2,1-2H3. The Morgan fingerprint density at radius 3 is 1.95 bits per heavy atom. The average Bonchev–Trinajstić information content (AvgIpc) is 2.26. The van der Waals surface area contributed by atoms with Crippen molar-refractivity contribution >= 4 is 5.69 Å². The molecule has 0 aliphatic rings. The minimum Gasteiger partial charge on any atom is -0.473 e. The maximum Gasteiger partial charge on any atom is 0.434 e. The second-order valence-corrected chi connectivity index (χ2v) is 4.29. The molecule has 0 bridgehead atoms. The van der Waals surface area contributed by atoms with Gasteiger partial charge in [0.1, 0.15) is 0 Å². The zero-order chi connectivity index (χ0) is 16.4. The number of ether oxygens (including phenoxy) is 2. The highest BCUT2D eigenvalue weighted by Gasteiger charge is 2.59. The summed E-state index contributed by atoms with van der Waals surface area (Å²) in [5.41, 5.74) is 5.42. The van der Waals surface area contributed by atoms with E-state index in [1.807, 2.05) is 0 Å². The lowest BCUT2D eigenvalue weighted by Gasteiger charge is -2.23. The highest BCUT2D eigenvalue weighted by molar-refractivity contribution is 5.49. The molecule has 2 N–H and O–H groups in total. The Hall–Kier alpha value is -1.87. The number of pyridine rings is 1. The van der Waals surface area contributed by atoms with Gasteiger partial charge in [0, 0.05) is 6.07 Å². The van der Waals surface area contributed by atoms with Crippen molar-refractivity contribution in [1.82, 2.24) is 4.98 Å². The van der Waals surface area contributed by atoms with Crippen LogP contribution in [0, 0.1) is 0 Å². The zero-order valence-corrected chi connectivity index (χ0v) is 10.9. The molecule has 0 aliphatic heterocycles. The first kappa shape index (κ1) is 17.2. The van der Waals surface area contributed by atoms with Gasteiger partial charge in [0.05, 0.1) is 11.8 Å². The van der Waals surface area contributed by atoms with Crippen molar-refractivity contribution in [2.75, 3.05) is 5.73 Å². The SMILES string of the molecule is CC(C)Oc1nc(OC(C(F)(F)F)C(F)(F)F)ccc1N. The maximum atomic E-state index is 12.4. The summed E-state index contributed by atoms with van der Waals surface area (Å²) in [4.78, 5) is 3.41. The highest BCUT2D eigenvalue weighted by Crippen LogP contribution is 2.36. The molecular weight excluding hydrogens is 306 g/mol. The van der Waals surface area contributed by atoms with Crippen LogP contribution in [0.1, 0.15) is 13.8 Å². The normalized spacial score (nSPS) is 12.9. The predicted molar refractivity (Wildman–Crippen MR) is 60.9 cm³/mol. The molecule has 0 amide bonds. The van der Waals surface area contributed by atoms with Gasteiger partial charge in [-0.2, -0.15) is 31.3 Å². The maximum absolute atomic E-state index is 12.4. The number of halogens is 6. The summed E-state index contributed by atoms with van der Waals surface area (Å²) in [6.45, 7) is 3.17. The molecule has 4 nitrogen and oxygen atoms in total. The number of hydrogen-bond acceptors (Lipinski definition) is 4. The molecule has 21 heavy (non-hydrogen) atoms. The molecule has 0 aliphatic carbocycles. The number of nitrogens with two attached hydrogens (primary N) is 1. The Bertz CT molecular complexity index is 473. The van der Waals surface area contributed by atoms with Crippen molar-refractivity contribution in [3.63, 3.8) is 0 Å². The topological polar surface area (TPSA) is 57.4 Å². The molecule has 0 saturated heterocycles. The van der Waals surface area contributed by atoms with E-state index in [9.17, 15) is 26.3 Å². The van der Waals surface area contributed by atoms with Crippen molar-refractivity contribution in [3.05, 3.63) is 12.1 Å². The van der Waals surface area contributed by atoms with Gasteiger partial charge in [-0.25, -0.2) is 0 Å². The van der Waals surface area contributed by atoms with E-state index in [0.29, 0.717) is 0 Å². The van der Waals surface area contributed by atoms with E-state index >= 15 is 0 Å². The lowest BCUT2D eigenvalue weighted by atomic mass is 10.3. The van der Waals surface area contributed by atoms with Crippen LogP contribution in [0.4, 0.5) is 32.0 Å². The summed E-state index contributed by atoms with van der Waals surface area (Å²) >= 11 is 0. The Kier molecular flexibility index (Phi) is 4.79. The first-order chi connectivity index (χ1) is 9.41. The first-order valence-corrected chi connectivity index (χ1v) is 5.64. The average molecular weight is 318 g/mol. The van der Waals surface area contributed by atoms with Crippen LogP contribution >= 0.6 is 0 Å². The third-order valence-electron chi connectivity index (χ3n) is 2.04. The molecule has 0 atom stereocenters. The molecule has 0 radical (unpaired) electrons. The van der Waals surface area contributed by atoms with Crippen LogP contribution in [0.25, 0.3) is 0 Å². The smallest absolute Gasteiger partial charge is 0.434 e. The molecule has 1 heterocycles. The van der Waals surface area contributed by atoms with Gasteiger partial charge in [0.2, 0.25) is 11.8 Å². The zero-order valence-electron chi connectivity index (χ0n) is 10.9. The van der Waals surface area contributed by atoms with Crippen molar-refractivity contribution in [2.45, 2.75) is 38.4 Å². The van der Waals surface area contributed by atoms with Crippen molar-refractivity contribution < 1.29 is 35.8 Å². The van der Waals surface area contributed by atoms with E-state index in [1.165, 1.54) is 0 Å². The Labute approximate surface area is 115 Å². The van der Waals surface area contributed by atoms with Crippen LogP contribution < -0.4 is 15.2 Å². The van der Waals surface area contributed by atoms with Crippen molar-refractivity contribution in [3.8, 4) is 11.8 Å². The summed E-state index contributed by atoms with van der Waals surface area (Å²) in [5.74, 6) is -1.19. The summed E-state index contributed by atoms with van der Waals surface area (Å²) in [5, 5.41) is 0. The van der Waals surface area contributed by atoms with Crippen LogP contribution in [-0.2, 0) is 0 Å². The van der Waals surface area contributed by atoms with E-state index in [-0.39, 0.29) is 11.6 Å². The van der Waals surface area contributed by atoms with E-state index in [0.717, 1.165) is 12.1 Å². The van der Waals surface area contributed by atoms with Crippen LogP contribution in [0.5, 0.6) is 11.8 Å². The molecule has 1 aromatic rings. The number of alkyl halides is 6. The quantitative estimate of drug-likeness (QED) is 0.865. The first-order valence-electron chi connectivity index (χ1n) is 5.64. The van der Waals surface area contributed by atoms with Crippen molar-refractivity contribution in [1.29, 1.82) is 0 Å². The van der Waals surface area contributed by atoms with Gasteiger partial charge in [0.25, 0.3) is 6.10 Å². The molecule has 0 fully saturated rings. The van der Waals surface area contributed by atoms with Gasteiger partial charge < -0.3 is 15.2 Å². The lowest BCUT2D eigenvalue weighted by molar-refractivity contribution is -0.300. The van der Waals surface area contributed by atoms with E-state index in [4.69, 9.17) is 10.5 Å². The molecule has 0 spiro atoms. The van der Waals surface area contributed by atoms with Gasteiger partial charge in [-0.15, -0.1) is 0 Å². The molecular formula is C11H12F6N2O2. The molecule has 0 saturated carbocycles. The fourth-order valence-electron chi connectivity index (χ4n) is 1.26. The van der Waals surface area contributed by atoms with E-state index in [1.54, 1.807) is 13.8 Å². The monoisotopic (exact) mass is 318 g/mol. The van der Waals surface area contributed by atoms with Gasteiger partial charge in [-0.3, -0.25) is 0 Å². The van der Waals surface area contributed by atoms with Crippen molar-refractivity contribution in [2.24, 2.45) is 0 Å². The number of nitrogens with zero attached hydrogens (tertiary/aromatic N) is 1. The van der Waals surface area contributed by atoms with Gasteiger partial charge in [-0.1, -0.05) is 0 Å². The van der Waals surface area contributed by atoms with E-state index in [2.05, 4.69) is 9.72 Å². The summed E-state index contributed by atoms with van der Waals surface area (Å²) in [7, 11) is 0. The molecule has 0 unspecified atom stereocenters. The van der Waals surface area contributed by atoms with Crippen LogP contribution in [0.2, 0.25) is 0 Å². The molecule has 120 valence electrons. The van der Waals surface area contributed by atoms with Crippen LogP contribution in [0.3, 0.4) is 0 Å². The molecule has 10 heteroatoms. The highest BCUT2D eigenvalue weighted by atomic mass is 19.4. The van der Waals surface area contributed by atoms with Gasteiger partial charge in [-0.05, 0) is 19.9 Å². The fraction of sp³-hybridized carbons (Fsp3) is 0.545. The predicted octanol–water partition coefficient (Wildman–Crippen LogP) is 3.32. The third-order valence-corrected chi connectivity index (χ3v) is 2.04. The van der Waals surface area contributed by atoms with E-state index < -0.39 is 30.4 Å². The molecule has 0 aromatic carbocycles. The Balaban J connectivity index is 3.05. The lowest BCUT2D eigenvalue weighted by Crippen LogP contribution is -2.46. The van der Waals surface area contributed by atoms with Crippen LogP contribution in [0.15, 0.2) is 12.1 Å². The Morgan fingerprint density at radius 2 is 1.52 bits per heavy atom. The minimum absolute atomic E-state index is 0.0355. The Morgan fingerprint density at radius 1 is 1.00 bits per heavy atom. The van der Waals surface area contributed by atoms with Crippen LogP contribution in [-0.4, -0.2) is 29.5 Å². The summed E-state index contributed by atoms with van der Waals surface area (Å²) in [6.07, 6.45) is -15.6. The summed E-state index contributed by atoms with van der Waals surface area (Å²) < 4.78 is 83.2. The second kappa shape index (κ2) is 5.86. The molecule has 1 aromatic heterocycles. The molecule has 1 rings (SSSR count). The fourth-order valence-corrected chi connectivity index (χ4v) is 1.26. The minimum atomic E-state index is -5.62. The number of anilines is 1. The number of rotatable bonds is 4. The third kappa shape index (κ3) is 4.87. The number of nitrogen functional groups attached to an aromatic ring is 1. The number of hydrogen-bond donors (Lipinski definition) is 1. The summed E-state index contributed by atoms with van der Waals surface area (Å²) in [6, 6.07) is 1.84. The second-order valence-electron chi connectivity index (χ2n) is 4.29. The number of aromatic nitrogens is 1. The largest absolute Gasteiger partial charge is 0.473 e. The van der Waals surface area contributed by atoms with Gasteiger partial charge >= 0.3 is 12.4 Å².